The predicted octanol–water partition coefficient (Wildman–Crippen LogP) is 4.75. The molecule has 1 amide bonds. The van der Waals surface area contributed by atoms with Gasteiger partial charge in [-0.05, 0) is 56.7 Å². The SMILES string of the molecule is CCOc1cc(Br)c([C@H](C)NC(=O)c2cccc(OC)c2)cc1OCC. The van der Waals surface area contributed by atoms with E-state index in [0.717, 1.165) is 10.0 Å². The molecule has 5 nitrogen and oxygen atoms in total. The lowest BCUT2D eigenvalue weighted by atomic mass is 10.1. The van der Waals surface area contributed by atoms with Crippen molar-refractivity contribution in [1.29, 1.82) is 0 Å². The van der Waals surface area contributed by atoms with Crippen LogP contribution in [-0.4, -0.2) is 26.2 Å². The summed E-state index contributed by atoms with van der Waals surface area (Å²) in [5.74, 6) is 1.81. The summed E-state index contributed by atoms with van der Waals surface area (Å²) in [6.45, 7) is 6.86. The smallest absolute Gasteiger partial charge is 0.251 e. The van der Waals surface area contributed by atoms with Crippen molar-refractivity contribution < 1.29 is 19.0 Å². The van der Waals surface area contributed by atoms with Gasteiger partial charge in [0.05, 0.1) is 26.4 Å². The Hall–Kier alpha value is -2.21. The first kappa shape index (κ1) is 20.1. The van der Waals surface area contributed by atoms with Gasteiger partial charge >= 0.3 is 0 Å². The largest absolute Gasteiger partial charge is 0.497 e. The Morgan fingerprint density at radius 1 is 1.12 bits per heavy atom. The van der Waals surface area contributed by atoms with Crippen LogP contribution >= 0.6 is 15.9 Å². The van der Waals surface area contributed by atoms with Crippen LogP contribution in [0.2, 0.25) is 0 Å². The molecular formula is C20H24BrNO4. The highest BCUT2D eigenvalue weighted by molar-refractivity contribution is 9.10. The normalized spacial score (nSPS) is 11.6. The van der Waals surface area contributed by atoms with E-state index < -0.39 is 0 Å². The highest BCUT2D eigenvalue weighted by atomic mass is 79.9. The van der Waals surface area contributed by atoms with Crippen molar-refractivity contribution in [2.75, 3.05) is 20.3 Å². The number of methoxy groups -OCH3 is 1. The van der Waals surface area contributed by atoms with E-state index in [0.29, 0.717) is 36.0 Å². The molecule has 0 aromatic heterocycles. The number of rotatable bonds is 8. The molecule has 0 aliphatic heterocycles. The quantitative estimate of drug-likeness (QED) is 0.668. The van der Waals surface area contributed by atoms with Crippen LogP contribution in [0.5, 0.6) is 17.2 Å². The Balaban J connectivity index is 2.23. The van der Waals surface area contributed by atoms with Gasteiger partial charge in [-0.25, -0.2) is 0 Å². The van der Waals surface area contributed by atoms with Crippen molar-refractivity contribution in [3.8, 4) is 17.2 Å². The number of benzene rings is 2. The fourth-order valence-electron chi connectivity index (χ4n) is 2.54. The summed E-state index contributed by atoms with van der Waals surface area (Å²) in [4.78, 5) is 12.6. The number of hydrogen-bond acceptors (Lipinski definition) is 4. The monoisotopic (exact) mass is 421 g/mol. The molecule has 0 aliphatic rings. The number of ether oxygens (including phenoxy) is 3. The maximum Gasteiger partial charge on any atom is 0.251 e. The molecule has 2 rings (SSSR count). The molecule has 2 aromatic carbocycles. The van der Waals surface area contributed by atoms with Crippen LogP contribution < -0.4 is 19.5 Å². The molecular weight excluding hydrogens is 398 g/mol. The third kappa shape index (κ3) is 4.91. The van der Waals surface area contributed by atoms with Gasteiger partial charge in [-0.15, -0.1) is 0 Å². The molecule has 1 N–H and O–H groups in total. The van der Waals surface area contributed by atoms with Gasteiger partial charge in [0.2, 0.25) is 0 Å². The first-order valence-electron chi connectivity index (χ1n) is 8.54. The van der Waals surface area contributed by atoms with Crippen LogP contribution in [0.25, 0.3) is 0 Å². The Morgan fingerprint density at radius 3 is 2.38 bits per heavy atom. The molecule has 0 saturated heterocycles. The Labute approximate surface area is 162 Å². The summed E-state index contributed by atoms with van der Waals surface area (Å²) in [6.07, 6.45) is 0. The lowest BCUT2D eigenvalue weighted by Gasteiger charge is -2.19. The third-order valence-electron chi connectivity index (χ3n) is 3.81. The van der Waals surface area contributed by atoms with Gasteiger partial charge in [0.25, 0.3) is 5.91 Å². The second-order valence-corrected chi connectivity index (χ2v) is 6.47. The summed E-state index contributed by atoms with van der Waals surface area (Å²) in [6, 6.07) is 10.6. The molecule has 0 spiro atoms. The average Bonchev–Trinajstić information content (AvgIpc) is 2.64. The number of halogens is 1. The van der Waals surface area contributed by atoms with Crippen molar-refractivity contribution >= 4 is 21.8 Å². The predicted molar refractivity (Wildman–Crippen MR) is 105 cm³/mol. The number of amides is 1. The standard InChI is InChI=1S/C20H24BrNO4/c1-5-25-18-11-16(17(21)12-19(18)26-6-2)13(3)22-20(23)14-8-7-9-15(10-14)24-4/h7-13H,5-6H2,1-4H3,(H,22,23)/t13-/m0/s1. The zero-order valence-corrected chi connectivity index (χ0v) is 17.1. The first-order chi connectivity index (χ1) is 12.5. The second kappa shape index (κ2) is 9.48. The van der Waals surface area contributed by atoms with Gasteiger partial charge in [-0.2, -0.15) is 0 Å². The molecule has 140 valence electrons. The maximum absolute atomic E-state index is 12.6. The molecule has 0 saturated carbocycles. The van der Waals surface area contributed by atoms with Gasteiger partial charge in [0.15, 0.2) is 11.5 Å². The van der Waals surface area contributed by atoms with E-state index in [1.165, 1.54) is 0 Å². The van der Waals surface area contributed by atoms with Gasteiger partial charge in [-0.1, -0.05) is 22.0 Å². The molecule has 1 atom stereocenters. The second-order valence-electron chi connectivity index (χ2n) is 5.61. The summed E-state index contributed by atoms with van der Waals surface area (Å²) in [7, 11) is 1.58. The number of nitrogens with one attached hydrogen (secondary N) is 1. The molecule has 0 unspecified atom stereocenters. The molecule has 0 aliphatic carbocycles. The van der Waals surface area contributed by atoms with Gasteiger partial charge in [-0.3, -0.25) is 4.79 Å². The van der Waals surface area contributed by atoms with Crippen molar-refractivity contribution in [1.82, 2.24) is 5.32 Å². The van der Waals surface area contributed by atoms with Gasteiger partial charge in [0.1, 0.15) is 5.75 Å². The van der Waals surface area contributed by atoms with E-state index in [4.69, 9.17) is 14.2 Å². The lowest BCUT2D eigenvalue weighted by molar-refractivity contribution is 0.0939. The summed E-state index contributed by atoms with van der Waals surface area (Å²) in [5.41, 5.74) is 1.46. The number of carbonyl (C=O) groups excluding carboxylic acids is 1. The molecule has 0 heterocycles. The molecule has 0 fully saturated rings. The topological polar surface area (TPSA) is 56.8 Å². The molecule has 0 radical (unpaired) electrons. The van der Waals surface area contributed by atoms with E-state index in [9.17, 15) is 4.79 Å². The van der Waals surface area contributed by atoms with E-state index in [-0.39, 0.29) is 11.9 Å². The zero-order valence-electron chi connectivity index (χ0n) is 15.5. The van der Waals surface area contributed by atoms with Gasteiger partial charge < -0.3 is 19.5 Å². The van der Waals surface area contributed by atoms with E-state index >= 15 is 0 Å². The Bertz CT molecular complexity index is 763. The Morgan fingerprint density at radius 2 is 1.77 bits per heavy atom. The minimum absolute atomic E-state index is 0.171. The fraction of sp³-hybridized carbons (Fsp3) is 0.350. The van der Waals surface area contributed by atoms with Gasteiger partial charge in [0, 0.05) is 10.0 Å². The van der Waals surface area contributed by atoms with E-state index in [2.05, 4.69) is 21.2 Å². The molecule has 26 heavy (non-hydrogen) atoms. The summed E-state index contributed by atoms with van der Waals surface area (Å²) < 4.78 is 17.3. The van der Waals surface area contributed by atoms with Crippen LogP contribution in [-0.2, 0) is 0 Å². The van der Waals surface area contributed by atoms with Crippen LogP contribution in [0.4, 0.5) is 0 Å². The van der Waals surface area contributed by atoms with Crippen molar-refractivity contribution in [2.24, 2.45) is 0 Å². The summed E-state index contributed by atoms with van der Waals surface area (Å²) in [5, 5.41) is 3.00. The number of hydrogen-bond donors (Lipinski definition) is 1. The van der Waals surface area contributed by atoms with Crippen molar-refractivity contribution in [3.05, 3.63) is 52.0 Å². The molecule has 2 aromatic rings. The van der Waals surface area contributed by atoms with E-state index in [1.54, 1.807) is 31.4 Å². The minimum Gasteiger partial charge on any atom is -0.497 e. The highest BCUT2D eigenvalue weighted by Crippen LogP contribution is 2.36. The third-order valence-corrected chi connectivity index (χ3v) is 4.50. The lowest BCUT2D eigenvalue weighted by Crippen LogP contribution is -2.27. The van der Waals surface area contributed by atoms with Crippen LogP contribution in [0.3, 0.4) is 0 Å². The fourth-order valence-corrected chi connectivity index (χ4v) is 3.21. The summed E-state index contributed by atoms with van der Waals surface area (Å²) >= 11 is 3.57. The van der Waals surface area contributed by atoms with Crippen LogP contribution in [0.15, 0.2) is 40.9 Å². The molecule has 0 bridgehead atoms. The van der Waals surface area contributed by atoms with Crippen molar-refractivity contribution in [2.45, 2.75) is 26.8 Å². The van der Waals surface area contributed by atoms with Crippen molar-refractivity contribution in [3.63, 3.8) is 0 Å². The zero-order chi connectivity index (χ0) is 19.1. The van der Waals surface area contributed by atoms with Crippen LogP contribution in [0.1, 0.15) is 42.7 Å². The number of carbonyl (C=O) groups is 1. The van der Waals surface area contributed by atoms with E-state index in [1.807, 2.05) is 32.9 Å². The average molecular weight is 422 g/mol. The highest BCUT2D eigenvalue weighted by Gasteiger charge is 2.18. The molecule has 6 heteroatoms. The van der Waals surface area contributed by atoms with Crippen LogP contribution in [0, 0.1) is 0 Å². The minimum atomic E-state index is -0.224. The maximum atomic E-state index is 12.6. The Kier molecular flexibility index (Phi) is 7.33. The first-order valence-corrected chi connectivity index (χ1v) is 9.33.